The van der Waals surface area contributed by atoms with Crippen LogP contribution in [0.4, 0.5) is 5.69 Å². The number of nitrogens with zero attached hydrogens (tertiary/aromatic N) is 1. The van der Waals surface area contributed by atoms with Gasteiger partial charge in [-0.1, -0.05) is 56.5 Å². The van der Waals surface area contributed by atoms with Crippen LogP contribution in [0.3, 0.4) is 0 Å². The number of fused-ring (bicyclic) bond motifs is 2. The van der Waals surface area contributed by atoms with Gasteiger partial charge < -0.3 is 9.64 Å². The van der Waals surface area contributed by atoms with Crippen LogP contribution in [0.15, 0.2) is 66.3 Å². The second-order valence-corrected chi connectivity index (χ2v) is 5.83. The molecule has 1 aliphatic carbocycles. The van der Waals surface area contributed by atoms with Gasteiger partial charge in [0.15, 0.2) is 0 Å². The Bertz CT molecular complexity index is 725. The van der Waals surface area contributed by atoms with E-state index in [1.807, 2.05) is 6.07 Å². The van der Waals surface area contributed by atoms with Crippen molar-refractivity contribution in [3.8, 4) is 0 Å². The normalized spacial score (nSPS) is 15.1. The van der Waals surface area contributed by atoms with Gasteiger partial charge in [0.25, 0.3) is 0 Å². The Balaban J connectivity index is 0.00000208. The second-order valence-electron chi connectivity index (χ2n) is 5.83. The number of anilines is 1. The van der Waals surface area contributed by atoms with Crippen molar-refractivity contribution < 1.29 is 9.53 Å². The van der Waals surface area contributed by atoms with Crippen LogP contribution >= 0.6 is 0 Å². The van der Waals surface area contributed by atoms with Crippen molar-refractivity contribution in [2.75, 3.05) is 24.6 Å². The highest BCUT2D eigenvalue weighted by atomic mass is 16.5. The van der Waals surface area contributed by atoms with E-state index in [9.17, 15) is 4.79 Å². The van der Waals surface area contributed by atoms with E-state index in [2.05, 4.69) is 54.0 Å². The average molecular weight is 323 g/mol. The van der Waals surface area contributed by atoms with Crippen LogP contribution in [-0.2, 0) is 9.53 Å². The van der Waals surface area contributed by atoms with Gasteiger partial charge in [-0.2, -0.15) is 0 Å². The van der Waals surface area contributed by atoms with Gasteiger partial charge in [-0.3, -0.25) is 0 Å². The molecule has 0 aromatic heterocycles. The van der Waals surface area contributed by atoms with Crippen LogP contribution in [0.25, 0.3) is 5.57 Å². The van der Waals surface area contributed by atoms with Gasteiger partial charge in [0.1, 0.15) is 6.61 Å². The van der Waals surface area contributed by atoms with Crippen molar-refractivity contribution in [2.45, 2.75) is 20.8 Å². The molecular formula is C21H25NO2. The van der Waals surface area contributed by atoms with E-state index in [-0.39, 0.29) is 13.4 Å². The molecule has 0 N–H and O–H groups in total. The number of carbonyl (C=O) groups excluding carboxylic acids is 1. The van der Waals surface area contributed by atoms with Gasteiger partial charge in [-0.05, 0) is 30.6 Å². The number of carbonyl (C=O) groups is 1. The quantitative estimate of drug-likeness (QED) is 0.602. The lowest BCUT2D eigenvalue weighted by Crippen LogP contribution is -2.33. The molecule has 0 saturated carbocycles. The van der Waals surface area contributed by atoms with E-state index >= 15 is 0 Å². The summed E-state index contributed by atoms with van der Waals surface area (Å²) in [7, 11) is 0. The summed E-state index contributed by atoms with van der Waals surface area (Å²) in [5.41, 5.74) is 5.47. The Morgan fingerprint density at radius 2 is 2.00 bits per heavy atom. The van der Waals surface area contributed by atoms with Gasteiger partial charge in [0, 0.05) is 23.4 Å². The Labute approximate surface area is 144 Å². The van der Waals surface area contributed by atoms with Gasteiger partial charge >= 0.3 is 5.97 Å². The summed E-state index contributed by atoms with van der Waals surface area (Å²) >= 11 is 0. The predicted molar refractivity (Wildman–Crippen MR) is 101 cm³/mol. The Morgan fingerprint density at radius 3 is 2.79 bits per heavy atom. The van der Waals surface area contributed by atoms with Crippen LogP contribution in [0, 0.1) is 0 Å². The number of allylic oxidation sites excluding steroid dienone is 4. The number of benzene rings is 1. The van der Waals surface area contributed by atoms with E-state index in [0.29, 0.717) is 18.7 Å². The molecule has 0 spiro atoms. The average Bonchev–Trinajstić information content (AvgIpc) is 2.80. The van der Waals surface area contributed by atoms with Crippen LogP contribution in [0.5, 0.6) is 0 Å². The number of para-hydroxylation sites is 1. The standard InChI is InChI=1S/C20H21NO2.CH4/c1-15(2)20(22)23-13-12-21-14-16-8-4-3-5-9-17(16)18-10-6-7-11-19(18)21;/h4-11H,1,3,12-14H2,2H3;1H4. The molecule has 0 radical (unpaired) electrons. The minimum absolute atomic E-state index is 0. The molecule has 3 rings (SSSR count). The molecule has 0 atom stereocenters. The molecule has 0 fully saturated rings. The zero-order valence-electron chi connectivity index (χ0n) is 13.4. The van der Waals surface area contributed by atoms with Crippen LogP contribution < -0.4 is 4.90 Å². The first-order chi connectivity index (χ1) is 11.2. The van der Waals surface area contributed by atoms with E-state index < -0.39 is 0 Å². The van der Waals surface area contributed by atoms with Crippen molar-refractivity contribution >= 4 is 17.2 Å². The van der Waals surface area contributed by atoms with Gasteiger partial charge in [-0.15, -0.1) is 0 Å². The third-order valence-electron chi connectivity index (χ3n) is 4.06. The number of hydrogen-bond donors (Lipinski definition) is 0. The van der Waals surface area contributed by atoms with Gasteiger partial charge in [0.2, 0.25) is 0 Å². The molecule has 1 aromatic carbocycles. The van der Waals surface area contributed by atoms with Gasteiger partial charge in [0.05, 0.1) is 6.54 Å². The van der Waals surface area contributed by atoms with E-state index in [1.54, 1.807) is 6.92 Å². The van der Waals surface area contributed by atoms with Gasteiger partial charge in [-0.25, -0.2) is 4.79 Å². The Kier molecular flexibility index (Phi) is 5.80. The summed E-state index contributed by atoms with van der Waals surface area (Å²) in [6.07, 6.45) is 9.77. The lowest BCUT2D eigenvalue weighted by molar-refractivity contribution is -0.138. The number of esters is 1. The minimum atomic E-state index is -0.326. The fourth-order valence-corrected chi connectivity index (χ4v) is 2.91. The Morgan fingerprint density at radius 1 is 1.25 bits per heavy atom. The molecule has 24 heavy (non-hydrogen) atoms. The highest BCUT2D eigenvalue weighted by Crippen LogP contribution is 2.36. The third-order valence-corrected chi connectivity index (χ3v) is 4.06. The van der Waals surface area contributed by atoms with Crippen molar-refractivity contribution in [3.05, 3.63) is 71.9 Å². The summed E-state index contributed by atoms with van der Waals surface area (Å²) in [6, 6.07) is 8.40. The third kappa shape index (κ3) is 3.67. The molecule has 0 bridgehead atoms. The molecule has 3 nitrogen and oxygen atoms in total. The number of hydrogen-bond acceptors (Lipinski definition) is 3. The summed E-state index contributed by atoms with van der Waals surface area (Å²) in [4.78, 5) is 13.8. The SMILES string of the molecule is C.C=C(C)C(=O)OCCN1CC2=C(C=CCC=C2)c2ccccc21. The first kappa shape index (κ1) is 17.8. The lowest BCUT2D eigenvalue weighted by atomic mass is 9.93. The lowest BCUT2D eigenvalue weighted by Gasteiger charge is -2.32. The maximum absolute atomic E-state index is 11.5. The monoisotopic (exact) mass is 323 g/mol. The molecule has 0 unspecified atom stereocenters. The molecule has 126 valence electrons. The van der Waals surface area contributed by atoms with Crippen LogP contribution in [0.2, 0.25) is 0 Å². The molecule has 0 amide bonds. The Hall–Kier alpha value is -2.55. The van der Waals surface area contributed by atoms with Crippen LogP contribution in [-0.4, -0.2) is 25.7 Å². The van der Waals surface area contributed by atoms with Crippen molar-refractivity contribution in [2.24, 2.45) is 0 Å². The number of rotatable bonds is 4. The van der Waals surface area contributed by atoms with E-state index in [4.69, 9.17) is 4.74 Å². The maximum atomic E-state index is 11.5. The van der Waals surface area contributed by atoms with E-state index in [0.717, 1.165) is 13.0 Å². The highest BCUT2D eigenvalue weighted by Gasteiger charge is 2.22. The van der Waals surface area contributed by atoms with Crippen molar-refractivity contribution in [1.29, 1.82) is 0 Å². The molecule has 1 heterocycles. The topological polar surface area (TPSA) is 29.5 Å². The molecule has 3 heteroatoms. The second kappa shape index (κ2) is 7.82. The fourth-order valence-electron chi connectivity index (χ4n) is 2.91. The first-order valence-corrected chi connectivity index (χ1v) is 7.90. The molecule has 1 aliphatic heterocycles. The molecule has 0 saturated heterocycles. The summed E-state index contributed by atoms with van der Waals surface area (Å²) in [5.74, 6) is -0.326. The van der Waals surface area contributed by atoms with Crippen molar-refractivity contribution in [1.82, 2.24) is 0 Å². The fraction of sp³-hybridized carbons (Fsp3) is 0.286. The van der Waals surface area contributed by atoms with Crippen LogP contribution in [0.1, 0.15) is 26.3 Å². The maximum Gasteiger partial charge on any atom is 0.333 e. The zero-order valence-corrected chi connectivity index (χ0v) is 13.4. The molecule has 2 aliphatic rings. The zero-order chi connectivity index (χ0) is 16.2. The molecule has 1 aromatic rings. The largest absolute Gasteiger partial charge is 0.460 e. The van der Waals surface area contributed by atoms with Crippen molar-refractivity contribution in [3.63, 3.8) is 0 Å². The number of ether oxygens (including phenoxy) is 1. The smallest absolute Gasteiger partial charge is 0.333 e. The summed E-state index contributed by atoms with van der Waals surface area (Å²) in [6.45, 7) is 7.14. The predicted octanol–water partition coefficient (Wildman–Crippen LogP) is 4.53. The molecular weight excluding hydrogens is 298 g/mol. The summed E-state index contributed by atoms with van der Waals surface area (Å²) < 4.78 is 5.25. The highest BCUT2D eigenvalue weighted by molar-refractivity contribution is 5.89. The summed E-state index contributed by atoms with van der Waals surface area (Å²) in [5, 5.41) is 0. The first-order valence-electron chi connectivity index (χ1n) is 7.90. The minimum Gasteiger partial charge on any atom is -0.460 e. The van der Waals surface area contributed by atoms with E-state index in [1.165, 1.54) is 22.4 Å².